The van der Waals surface area contributed by atoms with Gasteiger partial charge in [0.05, 0.1) is 6.21 Å². The lowest BCUT2D eigenvalue weighted by Crippen LogP contribution is -2.28. The zero-order valence-electron chi connectivity index (χ0n) is 13.2. The van der Waals surface area contributed by atoms with Crippen LogP contribution in [0.2, 0.25) is 0 Å². The van der Waals surface area contributed by atoms with Crippen molar-refractivity contribution in [2.24, 2.45) is 5.16 Å². The highest BCUT2D eigenvalue weighted by atomic mass is 16.4. The van der Waals surface area contributed by atoms with Crippen LogP contribution in [0.25, 0.3) is 0 Å². The molecule has 0 saturated carbocycles. The van der Waals surface area contributed by atoms with Crippen molar-refractivity contribution in [3.8, 4) is 5.75 Å². The molecule has 0 radical (unpaired) electrons. The highest BCUT2D eigenvalue weighted by Crippen LogP contribution is 2.15. The Labute approximate surface area is 132 Å². The predicted molar refractivity (Wildman–Crippen MR) is 87.7 cm³/mol. The first-order chi connectivity index (χ1) is 10.8. The smallest absolute Gasteiger partial charge is 0.142 e. The summed E-state index contributed by atoms with van der Waals surface area (Å²) in [5, 5.41) is 21.1. The van der Waals surface area contributed by atoms with Gasteiger partial charge in [-0.15, -0.1) is 0 Å². The summed E-state index contributed by atoms with van der Waals surface area (Å²) in [6.07, 6.45) is 11.1. The fourth-order valence-electron chi connectivity index (χ4n) is 2.98. The first-order valence-electron chi connectivity index (χ1n) is 8.38. The van der Waals surface area contributed by atoms with E-state index in [0.717, 1.165) is 18.5 Å². The maximum absolute atomic E-state index is 9.59. The number of hydrogen-bond acceptors (Lipinski definition) is 5. The van der Waals surface area contributed by atoms with E-state index in [9.17, 15) is 5.11 Å². The van der Waals surface area contributed by atoms with Gasteiger partial charge in [0.15, 0.2) is 0 Å². The van der Waals surface area contributed by atoms with Crippen molar-refractivity contribution in [2.75, 3.05) is 19.6 Å². The van der Waals surface area contributed by atoms with Crippen LogP contribution in [0.4, 0.5) is 0 Å². The summed E-state index contributed by atoms with van der Waals surface area (Å²) in [6, 6.07) is 3.44. The Hall–Kier alpha value is -1.62. The van der Waals surface area contributed by atoms with E-state index in [2.05, 4.69) is 15.0 Å². The third-order valence-corrected chi connectivity index (χ3v) is 4.25. The number of hydrogen-bond donors (Lipinski definition) is 2. The van der Waals surface area contributed by atoms with Crippen LogP contribution in [0.15, 0.2) is 17.3 Å². The predicted octanol–water partition coefficient (Wildman–Crippen LogP) is 3.18. The number of oxime groups is 1. The van der Waals surface area contributed by atoms with Gasteiger partial charge in [0.1, 0.15) is 11.4 Å². The number of aromatic hydroxyl groups is 1. The standard InChI is InChI=1S/C17H27N3O2/c21-17-10-9-15(19-16(17)14-18-22)8-4-7-13-20-11-5-2-1-3-6-12-20/h9-10,14,21-22H,1-8,11-13H2/b18-14+. The first kappa shape index (κ1) is 16.7. The molecule has 2 rings (SSSR count). The number of likely N-dealkylation sites (tertiary alicyclic amines) is 1. The van der Waals surface area contributed by atoms with Gasteiger partial charge in [0.25, 0.3) is 0 Å². The van der Waals surface area contributed by atoms with Crippen molar-refractivity contribution in [3.63, 3.8) is 0 Å². The van der Waals surface area contributed by atoms with Gasteiger partial charge in [0.2, 0.25) is 0 Å². The van der Waals surface area contributed by atoms with E-state index in [1.807, 2.05) is 6.07 Å². The van der Waals surface area contributed by atoms with Crippen LogP contribution in [0.3, 0.4) is 0 Å². The Morgan fingerprint density at radius 1 is 1.09 bits per heavy atom. The zero-order valence-corrected chi connectivity index (χ0v) is 13.2. The van der Waals surface area contributed by atoms with Crippen LogP contribution in [0.1, 0.15) is 56.3 Å². The molecule has 5 nitrogen and oxygen atoms in total. The van der Waals surface area contributed by atoms with Crippen molar-refractivity contribution >= 4 is 6.21 Å². The summed E-state index contributed by atoms with van der Waals surface area (Å²) in [5.41, 5.74) is 1.25. The SMILES string of the molecule is O/N=C/c1nc(CCCCN2CCCCCCC2)ccc1O. The second-order valence-electron chi connectivity index (χ2n) is 6.02. The molecular formula is C17H27N3O2. The lowest BCUT2D eigenvalue weighted by molar-refractivity contribution is 0.243. The minimum absolute atomic E-state index is 0.0437. The highest BCUT2D eigenvalue weighted by molar-refractivity contribution is 5.80. The minimum atomic E-state index is 0.0437. The van der Waals surface area contributed by atoms with E-state index in [0.29, 0.717) is 5.69 Å². The molecule has 1 aromatic heterocycles. The number of nitrogens with zero attached hydrogens (tertiary/aromatic N) is 3. The summed E-state index contributed by atoms with van der Waals surface area (Å²) in [4.78, 5) is 6.89. The van der Waals surface area contributed by atoms with E-state index in [4.69, 9.17) is 5.21 Å². The summed E-state index contributed by atoms with van der Waals surface area (Å²) >= 11 is 0. The largest absolute Gasteiger partial charge is 0.506 e. The second kappa shape index (κ2) is 9.41. The minimum Gasteiger partial charge on any atom is -0.506 e. The number of pyridine rings is 1. The van der Waals surface area contributed by atoms with Crippen LogP contribution in [-0.4, -0.2) is 46.0 Å². The van der Waals surface area contributed by atoms with Crippen molar-refractivity contribution in [3.05, 3.63) is 23.5 Å². The quantitative estimate of drug-likeness (QED) is 0.366. The Balaban J connectivity index is 1.72. The monoisotopic (exact) mass is 305 g/mol. The second-order valence-corrected chi connectivity index (χ2v) is 6.02. The average molecular weight is 305 g/mol. The molecule has 1 aliphatic heterocycles. The number of unbranched alkanes of at least 4 members (excludes halogenated alkanes) is 1. The zero-order chi connectivity index (χ0) is 15.6. The Kier molecular flexibility index (Phi) is 7.16. The van der Waals surface area contributed by atoms with Gasteiger partial charge in [-0.3, -0.25) is 0 Å². The molecule has 0 bridgehead atoms. The molecule has 0 atom stereocenters. The van der Waals surface area contributed by atoms with Gasteiger partial charge in [-0.2, -0.15) is 0 Å². The van der Waals surface area contributed by atoms with E-state index in [1.54, 1.807) is 6.07 Å². The first-order valence-corrected chi connectivity index (χ1v) is 8.38. The van der Waals surface area contributed by atoms with Gasteiger partial charge < -0.3 is 15.2 Å². The lowest BCUT2D eigenvalue weighted by atomic mass is 10.1. The topological polar surface area (TPSA) is 69.0 Å². The molecule has 0 aromatic carbocycles. The molecule has 1 aliphatic rings. The fraction of sp³-hybridized carbons (Fsp3) is 0.647. The lowest BCUT2D eigenvalue weighted by Gasteiger charge is -2.24. The van der Waals surface area contributed by atoms with Crippen molar-refractivity contribution in [1.29, 1.82) is 0 Å². The number of aryl methyl sites for hydroxylation is 1. The summed E-state index contributed by atoms with van der Waals surface area (Å²) in [7, 11) is 0. The third kappa shape index (κ3) is 5.64. The van der Waals surface area contributed by atoms with Gasteiger partial charge >= 0.3 is 0 Å². The normalized spacial score (nSPS) is 17.5. The van der Waals surface area contributed by atoms with Gasteiger partial charge in [-0.05, 0) is 63.9 Å². The third-order valence-electron chi connectivity index (χ3n) is 4.25. The molecule has 22 heavy (non-hydrogen) atoms. The highest BCUT2D eigenvalue weighted by Gasteiger charge is 2.08. The van der Waals surface area contributed by atoms with Gasteiger partial charge in [-0.25, -0.2) is 4.98 Å². The molecular weight excluding hydrogens is 278 g/mol. The molecule has 122 valence electrons. The summed E-state index contributed by atoms with van der Waals surface area (Å²) in [5.74, 6) is 0.0437. The Morgan fingerprint density at radius 2 is 1.82 bits per heavy atom. The van der Waals surface area contributed by atoms with E-state index in [-0.39, 0.29) is 5.75 Å². The van der Waals surface area contributed by atoms with E-state index < -0.39 is 0 Å². The Bertz CT molecular complexity index is 469. The number of aromatic nitrogens is 1. The number of rotatable bonds is 6. The summed E-state index contributed by atoms with van der Waals surface area (Å²) in [6.45, 7) is 3.66. The van der Waals surface area contributed by atoms with Gasteiger partial charge in [0, 0.05) is 5.69 Å². The van der Waals surface area contributed by atoms with E-state index >= 15 is 0 Å². The van der Waals surface area contributed by atoms with E-state index in [1.165, 1.54) is 64.4 Å². The maximum Gasteiger partial charge on any atom is 0.142 e. The molecule has 2 N–H and O–H groups in total. The van der Waals surface area contributed by atoms with Crippen LogP contribution in [0, 0.1) is 0 Å². The Morgan fingerprint density at radius 3 is 2.55 bits per heavy atom. The maximum atomic E-state index is 9.59. The van der Waals surface area contributed by atoms with Crippen LogP contribution < -0.4 is 0 Å². The molecule has 2 heterocycles. The molecule has 0 amide bonds. The molecule has 1 saturated heterocycles. The summed E-state index contributed by atoms with van der Waals surface area (Å²) < 4.78 is 0. The molecule has 0 unspecified atom stereocenters. The van der Waals surface area contributed by atoms with Crippen LogP contribution in [0.5, 0.6) is 5.75 Å². The van der Waals surface area contributed by atoms with Crippen molar-refractivity contribution in [2.45, 2.75) is 51.4 Å². The van der Waals surface area contributed by atoms with Crippen molar-refractivity contribution in [1.82, 2.24) is 9.88 Å². The van der Waals surface area contributed by atoms with Crippen molar-refractivity contribution < 1.29 is 10.3 Å². The molecule has 0 spiro atoms. The molecule has 0 aliphatic carbocycles. The fourth-order valence-corrected chi connectivity index (χ4v) is 2.98. The molecule has 1 fully saturated rings. The van der Waals surface area contributed by atoms with Crippen LogP contribution in [-0.2, 0) is 6.42 Å². The van der Waals surface area contributed by atoms with Gasteiger partial charge in [-0.1, -0.05) is 24.4 Å². The molecule has 1 aromatic rings. The van der Waals surface area contributed by atoms with Crippen LogP contribution >= 0.6 is 0 Å². The molecule has 5 heteroatoms. The average Bonchev–Trinajstić information content (AvgIpc) is 2.48.